The molecule has 224 valence electrons. The third kappa shape index (κ3) is 11.5. The van der Waals surface area contributed by atoms with Crippen LogP contribution in [0.3, 0.4) is 0 Å². The maximum absolute atomic E-state index is 5.96. The van der Waals surface area contributed by atoms with E-state index in [2.05, 4.69) is 79.1 Å². The lowest BCUT2D eigenvalue weighted by Crippen LogP contribution is -2.45. The molecule has 3 aromatic carbocycles. The van der Waals surface area contributed by atoms with Gasteiger partial charge >= 0.3 is 0 Å². The summed E-state index contributed by atoms with van der Waals surface area (Å²) >= 11 is 1.35. The SMILES string of the molecule is C1CC1.CCC.COc1ccc(CN2CCN(Cc3ccc(OSc4ccc(C)cc4)c(OC)c3)CC2)cc1OC. The first kappa shape index (κ1) is 32.6. The molecule has 6 nitrogen and oxygen atoms in total. The zero-order chi connectivity index (χ0) is 29.5. The van der Waals surface area contributed by atoms with Gasteiger partial charge in [-0.2, -0.15) is 0 Å². The number of piperazine rings is 1. The minimum Gasteiger partial charge on any atom is -0.493 e. The second kappa shape index (κ2) is 17.8. The summed E-state index contributed by atoms with van der Waals surface area (Å²) in [6, 6.07) is 20.7. The van der Waals surface area contributed by atoms with E-state index in [1.54, 1.807) is 21.3 Å². The Bertz CT molecular complexity index is 1160. The average molecular weight is 581 g/mol. The summed E-state index contributed by atoms with van der Waals surface area (Å²) in [5.41, 5.74) is 3.70. The molecule has 1 aliphatic heterocycles. The van der Waals surface area contributed by atoms with Crippen LogP contribution in [0.2, 0.25) is 0 Å². The summed E-state index contributed by atoms with van der Waals surface area (Å²) in [6.45, 7) is 12.2. The van der Waals surface area contributed by atoms with Crippen molar-refractivity contribution >= 4 is 12.0 Å². The van der Waals surface area contributed by atoms with Crippen molar-refractivity contribution in [1.82, 2.24) is 9.80 Å². The lowest BCUT2D eigenvalue weighted by molar-refractivity contribution is 0.122. The number of methoxy groups -OCH3 is 3. The molecule has 1 saturated heterocycles. The van der Waals surface area contributed by atoms with Gasteiger partial charge in [0.15, 0.2) is 23.0 Å². The number of ether oxygens (including phenoxy) is 3. The molecule has 1 aliphatic carbocycles. The van der Waals surface area contributed by atoms with E-state index >= 15 is 0 Å². The summed E-state index contributed by atoms with van der Waals surface area (Å²) in [6.07, 6.45) is 5.75. The maximum Gasteiger partial charge on any atom is 0.179 e. The van der Waals surface area contributed by atoms with Gasteiger partial charge in [-0.25, -0.2) is 0 Å². The topological polar surface area (TPSA) is 43.4 Å². The second-order valence-electron chi connectivity index (χ2n) is 10.5. The Morgan fingerprint density at radius 3 is 1.49 bits per heavy atom. The molecule has 0 amide bonds. The summed E-state index contributed by atoms with van der Waals surface area (Å²) in [4.78, 5) is 6.03. The standard InChI is InChI=1S/C28H34N2O4S.C3H6.C3H8/c1-21-5-9-24(10-6-21)35-34-26-12-8-23(18-28(26)33-4)20-30-15-13-29(14-16-30)19-22-7-11-25(31-2)27(17-22)32-3;1-2-3-1;1-3-2/h5-12,17-18H,13-16,19-20H2,1-4H3;1-3H2;3H2,1-2H3. The smallest absolute Gasteiger partial charge is 0.179 e. The van der Waals surface area contributed by atoms with Gasteiger partial charge in [0.2, 0.25) is 0 Å². The number of aryl methyl sites for hydroxylation is 1. The fourth-order valence-corrected chi connectivity index (χ4v) is 4.74. The van der Waals surface area contributed by atoms with E-state index in [-0.39, 0.29) is 0 Å². The Morgan fingerprint density at radius 2 is 1.05 bits per heavy atom. The van der Waals surface area contributed by atoms with Gasteiger partial charge in [-0.3, -0.25) is 9.80 Å². The van der Waals surface area contributed by atoms with Crippen molar-refractivity contribution in [1.29, 1.82) is 0 Å². The first-order chi connectivity index (χ1) is 20.0. The third-order valence-electron chi connectivity index (χ3n) is 6.56. The molecule has 2 fully saturated rings. The highest BCUT2D eigenvalue weighted by molar-refractivity contribution is 7.95. The van der Waals surface area contributed by atoms with Gasteiger partial charge in [-0.15, -0.1) is 0 Å². The Balaban J connectivity index is 0.000000695. The van der Waals surface area contributed by atoms with Crippen molar-refractivity contribution in [2.24, 2.45) is 0 Å². The average Bonchev–Trinajstić information content (AvgIpc) is 3.89. The highest BCUT2D eigenvalue weighted by Gasteiger charge is 2.18. The van der Waals surface area contributed by atoms with Crippen molar-refractivity contribution in [3.05, 3.63) is 77.4 Å². The molecule has 0 unspecified atom stereocenters. The van der Waals surface area contributed by atoms with Crippen molar-refractivity contribution in [2.45, 2.75) is 64.4 Å². The lowest BCUT2D eigenvalue weighted by atomic mass is 10.1. The van der Waals surface area contributed by atoms with Crippen molar-refractivity contribution in [3.8, 4) is 23.0 Å². The number of benzene rings is 3. The number of rotatable bonds is 10. The van der Waals surface area contributed by atoms with Crippen molar-refractivity contribution in [3.63, 3.8) is 0 Å². The van der Waals surface area contributed by atoms with Crippen LogP contribution in [0.15, 0.2) is 65.6 Å². The zero-order valence-corrected chi connectivity index (χ0v) is 26.6. The summed E-state index contributed by atoms with van der Waals surface area (Å²) in [7, 11) is 5.03. The van der Waals surface area contributed by atoms with Gasteiger partial charge in [0.05, 0.1) is 33.4 Å². The predicted octanol–water partition coefficient (Wildman–Crippen LogP) is 8.01. The van der Waals surface area contributed by atoms with Crippen molar-refractivity contribution < 1.29 is 18.4 Å². The van der Waals surface area contributed by atoms with E-state index in [9.17, 15) is 0 Å². The molecular formula is C34H48N2O4S. The number of nitrogens with zero attached hydrogens (tertiary/aromatic N) is 2. The first-order valence-electron chi connectivity index (χ1n) is 14.7. The van der Waals surface area contributed by atoms with Crippen LogP contribution in [0.4, 0.5) is 0 Å². The molecule has 0 bridgehead atoms. The van der Waals surface area contributed by atoms with Gasteiger partial charge < -0.3 is 18.4 Å². The lowest BCUT2D eigenvalue weighted by Gasteiger charge is -2.34. The van der Waals surface area contributed by atoms with Crippen molar-refractivity contribution in [2.75, 3.05) is 47.5 Å². The molecule has 3 aromatic rings. The normalized spacial score (nSPS) is 14.6. The van der Waals surface area contributed by atoms with E-state index in [0.717, 1.165) is 67.2 Å². The highest BCUT2D eigenvalue weighted by atomic mass is 32.2. The molecular weight excluding hydrogens is 532 g/mol. The van der Waals surface area contributed by atoms with Gasteiger partial charge in [-0.1, -0.05) is 69.4 Å². The monoisotopic (exact) mass is 580 g/mol. The second-order valence-corrected chi connectivity index (χ2v) is 11.3. The summed E-state index contributed by atoms with van der Waals surface area (Å²) in [5.74, 6) is 3.04. The van der Waals surface area contributed by atoms with Crippen LogP contribution in [0.1, 0.15) is 56.2 Å². The largest absolute Gasteiger partial charge is 0.493 e. The van der Waals surface area contributed by atoms with E-state index in [0.29, 0.717) is 0 Å². The van der Waals surface area contributed by atoms with Gasteiger partial charge in [0.25, 0.3) is 0 Å². The molecule has 0 spiro atoms. The molecule has 7 heteroatoms. The molecule has 0 aromatic heterocycles. The minimum atomic E-state index is 0.738. The highest BCUT2D eigenvalue weighted by Crippen LogP contribution is 2.33. The molecule has 0 radical (unpaired) electrons. The third-order valence-corrected chi connectivity index (χ3v) is 7.28. The van der Waals surface area contributed by atoms with Crippen LogP contribution in [-0.2, 0) is 13.1 Å². The molecule has 0 N–H and O–H groups in total. The van der Waals surface area contributed by atoms with E-state index in [1.165, 1.54) is 54.4 Å². The van der Waals surface area contributed by atoms with Crippen LogP contribution in [0.5, 0.6) is 23.0 Å². The van der Waals surface area contributed by atoms with Gasteiger partial charge in [0.1, 0.15) is 0 Å². The van der Waals surface area contributed by atoms with E-state index in [1.807, 2.05) is 12.1 Å². The minimum absolute atomic E-state index is 0.738. The molecule has 2 aliphatic rings. The Morgan fingerprint density at radius 1 is 0.610 bits per heavy atom. The fraction of sp³-hybridized carbons (Fsp3) is 0.471. The quantitative estimate of drug-likeness (QED) is 0.225. The zero-order valence-electron chi connectivity index (χ0n) is 25.8. The van der Waals surface area contributed by atoms with Crippen LogP contribution in [0, 0.1) is 6.92 Å². The summed E-state index contributed by atoms with van der Waals surface area (Å²) < 4.78 is 22.4. The Kier molecular flexibility index (Phi) is 14.2. The van der Waals surface area contributed by atoms with Crippen LogP contribution in [-0.4, -0.2) is 57.3 Å². The maximum atomic E-state index is 5.96. The van der Waals surface area contributed by atoms with Crippen LogP contribution in [0.25, 0.3) is 0 Å². The fourth-order valence-electron chi connectivity index (χ4n) is 4.17. The van der Waals surface area contributed by atoms with Gasteiger partial charge in [-0.05, 0) is 54.4 Å². The molecule has 1 heterocycles. The van der Waals surface area contributed by atoms with E-state index in [4.69, 9.17) is 18.4 Å². The number of hydrogen-bond donors (Lipinski definition) is 0. The predicted molar refractivity (Wildman–Crippen MR) is 171 cm³/mol. The van der Waals surface area contributed by atoms with Crippen LogP contribution >= 0.6 is 12.0 Å². The molecule has 5 rings (SSSR count). The van der Waals surface area contributed by atoms with E-state index < -0.39 is 0 Å². The summed E-state index contributed by atoms with van der Waals surface area (Å²) in [5, 5.41) is 0. The molecule has 0 atom stereocenters. The first-order valence-corrected chi connectivity index (χ1v) is 15.5. The van der Waals surface area contributed by atoms with Crippen LogP contribution < -0.4 is 18.4 Å². The Hall–Kier alpha value is -2.87. The number of hydrogen-bond acceptors (Lipinski definition) is 7. The molecule has 1 saturated carbocycles. The van der Waals surface area contributed by atoms with Gasteiger partial charge in [0, 0.05) is 44.2 Å². The molecule has 41 heavy (non-hydrogen) atoms. The Labute approximate surface area is 252 Å².